The Kier molecular flexibility index (Phi) is 11.6. The lowest BCUT2D eigenvalue weighted by atomic mass is 10.0. The van der Waals surface area contributed by atoms with Gasteiger partial charge in [-0.15, -0.1) is 11.8 Å². The fourth-order valence-corrected chi connectivity index (χ4v) is 6.96. The van der Waals surface area contributed by atoms with Crippen LogP contribution in [0.4, 0.5) is 18.0 Å². The molecule has 4 N–H and O–H groups in total. The number of nitrogens with zero attached hydrogens (tertiary/aromatic N) is 4. The largest absolute Gasteiger partial charge is 0.543 e. The number of allylic oxidation sites excluding steroid dienone is 1. The average Bonchev–Trinajstić information content (AvgIpc) is 3.61. The molecule has 270 valence electrons. The second-order valence-electron chi connectivity index (χ2n) is 12.1. The molecule has 0 aromatic carbocycles. The molecular formula is C31H35F3N6O9S. The fourth-order valence-electron chi connectivity index (χ4n) is 5.70. The predicted molar refractivity (Wildman–Crippen MR) is 166 cm³/mol. The van der Waals surface area contributed by atoms with Crippen molar-refractivity contribution >= 4 is 47.5 Å². The number of halogens is 3. The van der Waals surface area contributed by atoms with Crippen LogP contribution in [0.3, 0.4) is 0 Å². The summed E-state index contributed by atoms with van der Waals surface area (Å²) in [6.45, 7) is 7.32. The third kappa shape index (κ3) is 8.81. The smallest absolute Gasteiger partial charge is 0.490 e. The minimum atomic E-state index is -5.08. The Morgan fingerprint density at radius 1 is 1.24 bits per heavy atom. The van der Waals surface area contributed by atoms with E-state index in [1.54, 1.807) is 32.8 Å². The van der Waals surface area contributed by atoms with Gasteiger partial charge < -0.3 is 40.6 Å². The molecule has 5 heterocycles. The summed E-state index contributed by atoms with van der Waals surface area (Å²) in [5, 5.41) is 21.6. The number of pyridine rings is 1. The summed E-state index contributed by atoms with van der Waals surface area (Å²) in [4.78, 5) is 75.3. The average molecular weight is 725 g/mol. The van der Waals surface area contributed by atoms with Crippen LogP contribution in [0.2, 0.25) is 0 Å². The molecule has 15 nitrogen and oxygen atoms in total. The van der Waals surface area contributed by atoms with Crippen molar-refractivity contribution in [2.45, 2.75) is 56.0 Å². The van der Waals surface area contributed by atoms with E-state index in [1.807, 2.05) is 19.1 Å². The molecule has 4 amide bonds. The number of carbonyl (C=O) groups excluding carboxylic acids is 5. The van der Waals surface area contributed by atoms with Crippen LogP contribution < -0.4 is 20.7 Å². The van der Waals surface area contributed by atoms with Crippen molar-refractivity contribution in [3.63, 3.8) is 0 Å². The highest BCUT2D eigenvalue weighted by Crippen LogP contribution is 2.40. The first-order chi connectivity index (χ1) is 23.4. The molecule has 0 radical (unpaired) electrons. The standard InChI is InChI=1S/C29H34N6O7S.C2HF3O2/c1-3-12-42-28(41)34-11-7-29(2,17-34)31-21(36)15-32-8-4-18(5-9-32)14-33-10-6-19(24(33)37)13-20-16-43-26-22(30)25(38)35(26)23(20)27(39)40;3-2(4,5)1(6)7/h3-5,8-9,13,22,26H,1,6-7,10-12,14-17,30H2,2H3,(H-,31,36,39,40);(H,6,7)/b19-13+;/t22-,26-,29?;/m1./s1. The van der Waals surface area contributed by atoms with Crippen molar-refractivity contribution in [3.8, 4) is 0 Å². The molecule has 3 atom stereocenters. The van der Waals surface area contributed by atoms with Crippen molar-refractivity contribution in [1.29, 1.82) is 0 Å². The third-order valence-corrected chi connectivity index (χ3v) is 9.52. The highest BCUT2D eigenvalue weighted by atomic mass is 32.2. The molecule has 3 saturated heterocycles. The van der Waals surface area contributed by atoms with Gasteiger partial charge in [-0.3, -0.25) is 19.3 Å². The van der Waals surface area contributed by atoms with Crippen LogP contribution in [0.15, 0.2) is 60.1 Å². The molecule has 5 rings (SSSR count). The van der Waals surface area contributed by atoms with Gasteiger partial charge in [0, 0.05) is 49.6 Å². The van der Waals surface area contributed by atoms with Gasteiger partial charge in [-0.05, 0) is 37.0 Å². The number of likely N-dealkylation sites (tertiary alicyclic amines) is 2. The first-order valence-electron chi connectivity index (χ1n) is 15.2. The molecule has 0 bridgehead atoms. The first-order valence-corrected chi connectivity index (χ1v) is 16.3. The number of carbonyl (C=O) groups is 6. The Hall–Kier alpha value is -4.91. The van der Waals surface area contributed by atoms with Gasteiger partial charge in [0.2, 0.25) is 18.4 Å². The van der Waals surface area contributed by atoms with E-state index < -0.39 is 47.1 Å². The van der Waals surface area contributed by atoms with E-state index in [9.17, 15) is 42.3 Å². The summed E-state index contributed by atoms with van der Waals surface area (Å²) in [7, 11) is 0. The van der Waals surface area contributed by atoms with Gasteiger partial charge in [0.1, 0.15) is 18.0 Å². The lowest BCUT2D eigenvalue weighted by Crippen LogP contribution is -2.69. The number of amides is 4. The Labute approximate surface area is 288 Å². The van der Waals surface area contributed by atoms with Gasteiger partial charge in [0.05, 0.1) is 17.2 Å². The molecule has 0 aliphatic carbocycles. The molecule has 1 unspecified atom stereocenters. The van der Waals surface area contributed by atoms with Crippen LogP contribution in [0.1, 0.15) is 25.3 Å². The van der Waals surface area contributed by atoms with Crippen molar-refractivity contribution < 1.29 is 61.5 Å². The summed E-state index contributed by atoms with van der Waals surface area (Å²) in [5.41, 5.74) is 6.74. The number of aromatic nitrogens is 1. The topological polar surface area (TPSA) is 207 Å². The minimum absolute atomic E-state index is 0.0888. The Morgan fingerprint density at radius 2 is 1.90 bits per heavy atom. The molecule has 50 heavy (non-hydrogen) atoms. The Bertz CT molecular complexity index is 1630. The number of carboxylic acids is 2. The van der Waals surface area contributed by atoms with E-state index in [4.69, 9.17) is 20.4 Å². The highest BCUT2D eigenvalue weighted by molar-refractivity contribution is 8.00. The molecule has 3 fully saturated rings. The van der Waals surface area contributed by atoms with E-state index >= 15 is 0 Å². The summed E-state index contributed by atoms with van der Waals surface area (Å²) in [6.07, 6.45) is 2.15. The Morgan fingerprint density at radius 3 is 2.50 bits per heavy atom. The molecule has 4 aliphatic rings. The molecule has 1 aromatic heterocycles. The second kappa shape index (κ2) is 15.3. The van der Waals surface area contributed by atoms with Gasteiger partial charge in [-0.25, -0.2) is 9.59 Å². The Balaban J connectivity index is 0.000000727. The number of ether oxygens (including phenoxy) is 1. The lowest BCUT2D eigenvalue weighted by Gasteiger charge is -2.49. The summed E-state index contributed by atoms with van der Waals surface area (Å²) in [6, 6.07) is 2.94. The van der Waals surface area contributed by atoms with Gasteiger partial charge in [-0.1, -0.05) is 12.7 Å². The number of β-lactam (4-membered cyclic amide) rings is 1. The second-order valence-corrected chi connectivity index (χ2v) is 13.2. The van der Waals surface area contributed by atoms with Gasteiger partial charge in [0.25, 0.3) is 5.91 Å². The van der Waals surface area contributed by atoms with Gasteiger partial charge in [-0.2, -0.15) is 17.7 Å². The number of carboxylic acid groups (broad SMARTS) is 2. The molecule has 4 aliphatic heterocycles. The number of fused-ring (bicyclic) bond motifs is 1. The minimum Gasteiger partial charge on any atom is -0.543 e. The number of nitrogens with two attached hydrogens (primary N) is 1. The quantitative estimate of drug-likeness (QED) is 0.127. The molecular weight excluding hydrogens is 689 g/mol. The maximum absolute atomic E-state index is 13.1. The number of aliphatic carboxylic acids is 2. The first kappa shape index (κ1) is 37.9. The zero-order chi connectivity index (χ0) is 37.0. The fraction of sp³-hybridized carbons (Fsp3) is 0.452. The van der Waals surface area contributed by atoms with Crippen LogP contribution in [-0.2, 0) is 41.8 Å². The van der Waals surface area contributed by atoms with E-state index in [1.165, 1.54) is 17.8 Å². The van der Waals surface area contributed by atoms with Crippen molar-refractivity contribution in [2.24, 2.45) is 5.73 Å². The summed E-state index contributed by atoms with van der Waals surface area (Å²) < 4.78 is 38.6. The van der Waals surface area contributed by atoms with E-state index in [0.29, 0.717) is 55.9 Å². The zero-order valence-corrected chi connectivity index (χ0v) is 27.6. The SMILES string of the molecule is C=CCOC(=O)N1CCC(C)(NC(=O)C[n+]2ccc(CN3CC/C(=C\C4=C(C(=O)[O-])N5C(=O)[C@@H](N)[C@H]5SC4)C3=O)cc2)C1.O=C(O)C(F)(F)F. The zero-order valence-electron chi connectivity index (χ0n) is 26.8. The van der Waals surface area contributed by atoms with E-state index in [0.717, 1.165) is 10.5 Å². The number of nitrogens with one attached hydrogen (secondary N) is 1. The maximum atomic E-state index is 13.1. The van der Waals surface area contributed by atoms with Crippen LogP contribution in [-0.4, -0.2) is 111 Å². The van der Waals surface area contributed by atoms with Crippen LogP contribution in [0, 0.1) is 0 Å². The van der Waals surface area contributed by atoms with E-state index in [2.05, 4.69) is 11.9 Å². The number of hydrogen-bond acceptors (Lipinski definition) is 10. The monoisotopic (exact) mass is 724 g/mol. The number of alkyl halides is 3. The molecule has 19 heteroatoms. The van der Waals surface area contributed by atoms with Gasteiger partial charge in [0.15, 0.2) is 12.4 Å². The molecule has 1 aromatic rings. The lowest BCUT2D eigenvalue weighted by molar-refractivity contribution is -0.684. The number of thioether (sulfide) groups is 1. The predicted octanol–water partition coefficient (Wildman–Crippen LogP) is -0.584. The van der Waals surface area contributed by atoms with Crippen molar-refractivity contribution in [3.05, 3.63) is 65.7 Å². The molecule has 0 spiro atoms. The number of rotatable bonds is 9. The summed E-state index contributed by atoms with van der Waals surface area (Å²) in [5.74, 6) is -4.76. The van der Waals surface area contributed by atoms with Crippen LogP contribution >= 0.6 is 11.8 Å². The van der Waals surface area contributed by atoms with Crippen molar-refractivity contribution in [1.82, 2.24) is 20.0 Å². The van der Waals surface area contributed by atoms with Gasteiger partial charge >= 0.3 is 18.2 Å². The highest BCUT2D eigenvalue weighted by Gasteiger charge is 2.50. The van der Waals surface area contributed by atoms with Crippen molar-refractivity contribution in [2.75, 3.05) is 32.0 Å². The third-order valence-electron chi connectivity index (χ3n) is 8.19. The maximum Gasteiger partial charge on any atom is 0.490 e. The van der Waals surface area contributed by atoms with Crippen LogP contribution in [0.25, 0.3) is 0 Å². The van der Waals surface area contributed by atoms with E-state index in [-0.39, 0.29) is 30.7 Å². The summed E-state index contributed by atoms with van der Waals surface area (Å²) >= 11 is 1.37. The molecule has 0 saturated carbocycles. The number of hydrogen-bond donors (Lipinski definition) is 3. The normalized spacial score (nSPS) is 23.9. The van der Waals surface area contributed by atoms with Crippen LogP contribution in [0.5, 0.6) is 0 Å².